The van der Waals surface area contributed by atoms with E-state index in [4.69, 9.17) is 33.8 Å². The molecule has 5 amide bonds. The van der Waals surface area contributed by atoms with Crippen LogP contribution in [0.5, 0.6) is 0 Å². The van der Waals surface area contributed by atoms with Crippen LogP contribution in [0.4, 0.5) is 0 Å². The van der Waals surface area contributed by atoms with Gasteiger partial charge < -0.3 is 54.8 Å². The van der Waals surface area contributed by atoms with E-state index in [0.717, 1.165) is 0 Å². The molecule has 0 aromatic rings. The van der Waals surface area contributed by atoms with E-state index in [1.54, 1.807) is 0 Å². The number of nitrogens with two attached hydrogens (primary N) is 5. The van der Waals surface area contributed by atoms with Crippen LogP contribution < -0.4 is 44.6 Å². The van der Waals surface area contributed by atoms with Crippen molar-refractivity contribution in [2.45, 2.75) is 69.1 Å². The molecule has 4 atom stereocenters. The van der Waals surface area contributed by atoms with E-state index >= 15 is 0 Å². The lowest BCUT2D eigenvalue weighted by atomic mass is 10.1. The van der Waals surface area contributed by atoms with E-state index < -0.39 is 78.5 Å². The number of nitrogens with one attached hydrogen (secondary N) is 3. The fourth-order valence-electron chi connectivity index (χ4n) is 2.96. The van der Waals surface area contributed by atoms with Gasteiger partial charge in [-0.3, -0.25) is 33.8 Å². The van der Waals surface area contributed by atoms with Gasteiger partial charge in [-0.15, -0.1) is 0 Å². The van der Waals surface area contributed by atoms with Gasteiger partial charge in [0.2, 0.25) is 29.5 Å². The number of nitrogens with zero attached hydrogens (tertiary/aromatic N) is 1. The van der Waals surface area contributed by atoms with Crippen LogP contribution in [0, 0.1) is 0 Å². The smallest absolute Gasteiger partial charge is 0.326 e. The molecular weight excluding hydrogens is 510 g/mol. The highest BCUT2D eigenvalue weighted by molar-refractivity contribution is 5.96. The Morgan fingerprint density at radius 3 is 1.74 bits per heavy atom. The van der Waals surface area contributed by atoms with E-state index in [2.05, 4.69) is 20.9 Å². The summed E-state index contributed by atoms with van der Waals surface area (Å²) in [5.74, 6) is -7.61. The summed E-state index contributed by atoms with van der Waals surface area (Å²) in [4.78, 5) is 86.5. The Balaban J connectivity index is 5.67. The van der Waals surface area contributed by atoms with Crippen molar-refractivity contribution >= 4 is 47.4 Å². The summed E-state index contributed by atoms with van der Waals surface area (Å²) >= 11 is 0. The highest BCUT2D eigenvalue weighted by atomic mass is 16.4. The molecule has 4 unspecified atom stereocenters. The predicted octanol–water partition coefficient (Wildman–Crippen LogP) is -5.09. The summed E-state index contributed by atoms with van der Waals surface area (Å²) in [5.41, 5.74) is 26.3. The second-order valence-electron chi connectivity index (χ2n) is 8.18. The molecule has 0 bridgehead atoms. The molecule has 18 heteroatoms. The Hall–Kier alpha value is -4.48. The van der Waals surface area contributed by atoms with Gasteiger partial charge in [-0.25, -0.2) is 4.79 Å². The Kier molecular flexibility index (Phi) is 15.0. The van der Waals surface area contributed by atoms with Crippen molar-refractivity contribution in [1.29, 1.82) is 0 Å². The third-order valence-corrected chi connectivity index (χ3v) is 4.92. The number of aliphatic carboxylic acids is 2. The first kappa shape index (κ1) is 33.5. The molecule has 0 heterocycles. The zero-order valence-electron chi connectivity index (χ0n) is 20.6. The minimum Gasteiger partial charge on any atom is -0.481 e. The lowest BCUT2D eigenvalue weighted by Crippen LogP contribution is -2.57. The molecule has 0 aromatic carbocycles. The monoisotopic (exact) mass is 545 g/mol. The molecule has 15 N–H and O–H groups in total. The second kappa shape index (κ2) is 17.1. The first-order chi connectivity index (χ1) is 17.6. The number of hydrogen-bond donors (Lipinski definition) is 10. The van der Waals surface area contributed by atoms with E-state index in [1.807, 2.05) is 0 Å². The van der Waals surface area contributed by atoms with Crippen molar-refractivity contribution in [2.24, 2.45) is 33.7 Å². The summed E-state index contributed by atoms with van der Waals surface area (Å²) in [5, 5.41) is 24.8. The zero-order chi connectivity index (χ0) is 29.4. The number of rotatable bonds is 19. The van der Waals surface area contributed by atoms with Crippen LogP contribution in [0.1, 0.15) is 44.9 Å². The summed E-state index contributed by atoms with van der Waals surface area (Å²) in [6.45, 7) is 0.0475. The summed E-state index contributed by atoms with van der Waals surface area (Å²) in [6, 6.07) is -5.82. The highest BCUT2D eigenvalue weighted by Crippen LogP contribution is 2.05. The molecule has 0 aliphatic heterocycles. The highest BCUT2D eigenvalue weighted by Gasteiger charge is 2.31. The van der Waals surface area contributed by atoms with E-state index in [-0.39, 0.29) is 44.6 Å². The zero-order valence-corrected chi connectivity index (χ0v) is 20.6. The Labute approximate surface area is 217 Å². The van der Waals surface area contributed by atoms with Gasteiger partial charge in [0.25, 0.3) is 0 Å². The van der Waals surface area contributed by atoms with Crippen molar-refractivity contribution in [3.8, 4) is 0 Å². The molecule has 0 rings (SSSR count). The molecule has 0 saturated heterocycles. The van der Waals surface area contributed by atoms with Crippen LogP contribution in [0.25, 0.3) is 0 Å². The minimum absolute atomic E-state index is 0.0475. The molecule has 0 radical (unpaired) electrons. The molecular formula is C20H35N9O9. The van der Waals surface area contributed by atoms with Crippen LogP contribution in [0.3, 0.4) is 0 Å². The molecule has 0 saturated carbocycles. The quantitative estimate of drug-likeness (QED) is 0.0414. The minimum atomic E-state index is -1.59. The molecule has 0 spiro atoms. The van der Waals surface area contributed by atoms with Crippen LogP contribution in [0.2, 0.25) is 0 Å². The van der Waals surface area contributed by atoms with Crippen LogP contribution in [0.15, 0.2) is 4.99 Å². The maximum Gasteiger partial charge on any atom is 0.326 e. The number of amides is 5. The summed E-state index contributed by atoms with van der Waals surface area (Å²) in [6.07, 6.45) is -2.01. The standard InChI is InChI=1S/C20H35N9O9/c21-9(3-6-15(32)33)16(34)29-12(8-14(23)31)18(36)27-10(2-1-7-26-20(24)25)17(35)28-11(19(37)38)4-5-13(22)30/h9-12H,1-8,21H2,(H2,22,30)(H2,23,31)(H,27,36)(H,28,35)(H,29,34)(H,32,33)(H,37,38)(H4,24,25,26). The van der Waals surface area contributed by atoms with Gasteiger partial charge in [-0.1, -0.05) is 0 Å². The average Bonchev–Trinajstić information content (AvgIpc) is 2.80. The fourth-order valence-corrected chi connectivity index (χ4v) is 2.96. The van der Waals surface area contributed by atoms with Crippen LogP contribution >= 0.6 is 0 Å². The lowest BCUT2D eigenvalue weighted by Gasteiger charge is -2.24. The van der Waals surface area contributed by atoms with Crippen molar-refractivity contribution in [2.75, 3.05) is 6.54 Å². The Morgan fingerprint density at radius 1 is 0.684 bits per heavy atom. The summed E-state index contributed by atoms with van der Waals surface area (Å²) < 4.78 is 0. The first-order valence-electron chi connectivity index (χ1n) is 11.4. The summed E-state index contributed by atoms with van der Waals surface area (Å²) in [7, 11) is 0. The number of carbonyl (C=O) groups is 7. The van der Waals surface area contributed by atoms with Crippen LogP contribution in [-0.4, -0.2) is 88.4 Å². The van der Waals surface area contributed by atoms with E-state index in [0.29, 0.717) is 0 Å². The van der Waals surface area contributed by atoms with E-state index in [1.165, 1.54) is 0 Å². The molecule has 0 fully saturated rings. The van der Waals surface area contributed by atoms with E-state index in [9.17, 15) is 38.7 Å². The largest absolute Gasteiger partial charge is 0.481 e. The first-order valence-corrected chi connectivity index (χ1v) is 11.4. The number of primary amides is 2. The SMILES string of the molecule is NC(=O)CCC(NC(=O)C(CCCN=C(N)N)NC(=O)C(CC(N)=O)NC(=O)C(N)CCC(=O)O)C(=O)O. The van der Waals surface area contributed by atoms with Crippen molar-refractivity contribution < 1.29 is 43.8 Å². The number of carboxylic acid groups (broad SMARTS) is 2. The van der Waals surface area contributed by atoms with Gasteiger partial charge in [0.15, 0.2) is 5.96 Å². The average molecular weight is 546 g/mol. The number of aliphatic imine (C=N–C) groups is 1. The van der Waals surface area contributed by atoms with Gasteiger partial charge in [0.1, 0.15) is 18.1 Å². The maximum atomic E-state index is 12.9. The molecule has 38 heavy (non-hydrogen) atoms. The van der Waals surface area contributed by atoms with Crippen LogP contribution in [-0.2, 0) is 33.6 Å². The van der Waals surface area contributed by atoms with Gasteiger partial charge in [0, 0.05) is 19.4 Å². The van der Waals surface area contributed by atoms with Gasteiger partial charge >= 0.3 is 11.9 Å². The molecule has 18 nitrogen and oxygen atoms in total. The topological polar surface area (TPSA) is 338 Å². The number of carboxylic acids is 2. The van der Waals surface area contributed by atoms with Crippen molar-refractivity contribution in [1.82, 2.24) is 16.0 Å². The Bertz CT molecular complexity index is 922. The van der Waals surface area contributed by atoms with Gasteiger partial charge in [-0.05, 0) is 25.7 Å². The maximum absolute atomic E-state index is 12.9. The molecule has 214 valence electrons. The number of guanidine groups is 1. The predicted molar refractivity (Wildman–Crippen MR) is 130 cm³/mol. The van der Waals surface area contributed by atoms with Gasteiger partial charge in [0.05, 0.1) is 12.5 Å². The third-order valence-electron chi connectivity index (χ3n) is 4.92. The fraction of sp³-hybridized carbons (Fsp3) is 0.600. The number of hydrogen-bond acceptors (Lipinski definition) is 9. The molecule has 0 aliphatic carbocycles. The molecule has 0 aliphatic rings. The lowest BCUT2D eigenvalue weighted by molar-refractivity contribution is -0.143. The van der Waals surface area contributed by atoms with Crippen molar-refractivity contribution in [3.63, 3.8) is 0 Å². The second-order valence-corrected chi connectivity index (χ2v) is 8.18. The number of carbonyl (C=O) groups excluding carboxylic acids is 5. The van der Waals surface area contributed by atoms with Gasteiger partial charge in [-0.2, -0.15) is 0 Å². The molecule has 0 aromatic heterocycles. The van der Waals surface area contributed by atoms with Crippen molar-refractivity contribution in [3.05, 3.63) is 0 Å². The third kappa shape index (κ3) is 14.8. The normalized spacial score (nSPS) is 13.6. The Morgan fingerprint density at radius 2 is 1.24 bits per heavy atom.